The maximum atomic E-state index is 5.64. The number of hydrogen-bond acceptors (Lipinski definition) is 2. The maximum absolute atomic E-state index is 5.64. The Morgan fingerprint density at radius 3 is 2.82 bits per heavy atom. The van der Waals surface area contributed by atoms with Gasteiger partial charge in [0.25, 0.3) is 0 Å². The number of halogens is 1. The molecule has 0 saturated carbocycles. The number of hydrogen-bond donors (Lipinski definition) is 1. The highest BCUT2D eigenvalue weighted by Crippen LogP contribution is 2.35. The molecule has 2 aromatic heterocycles. The van der Waals surface area contributed by atoms with Gasteiger partial charge in [-0.05, 0) is 34.5 Å². The lowest BCUT2D eigenvalue weighted by Gasteiger charge is -1.99. The Balaban J connectivity index is 2.35. The monoisotopic (exact) mass is 290 g/mol. The van der Waals surface area contributed by atoms with E-state index >= 15 is 0 Å². The molecular formula is C13H11BrN2O. The van der Waals surface area contributed by atoms with E-state index in [1.807, 2.05) is 19.2 Å². The first kappa shape index (κ1) is 10.6. The molecule has 2 heterocycles. The molecule has 0 radical (unpaired) electrons. The second-order valence-corrected chi connectivity index (χ2v) is 4.80. The molecule has 0 spiro atoms. The number of aryl methyl sites for hydroxylation is 2. The summed E-state index contributed by atoms with van der Waals surface area (Å²) in [6, 6.07) is 6.19. The molecule has 0 fully saturated rings. The summed E-state index contributed by atoms with van der Waals surface area (Å²) in [4.78, 5) is 7.49. The van der Waals surface area contributed by atoms with Gasteiger partial charge in [-0.25, -0.2) is 4.98 Å². The quantitative estimate of drug-likeness (QED) is 0.730. The number of oxazole rings is 1. The zero-order chi connectivity index (χ0) is 12.0. The van der Waals surface area contributed by atoms with Crippen molar-refractivity contribution >= 4 is 26.8 Å². The fourth-order valence-electron chi connectivity index (χ4n) is 2.11. The van der Waals surface area contributed by atoms with E-state index in [1.165, 1.54) is 10.9 Å². The Kier molecular flexibility index (Phi) is 2.33. The smallest absolute Gasteiger partial charge is 0.192 e. The van der Waals surface area contributed by atoms with E-state index in [2.05, 4.69) is 45.0 Å². The molecule has 4 heteroatoms. The van der Waals surface area contributed by atoms with Gasteiger partial charge in [-0.3, -0.25) is 0 Å². The molecule has 0 aliphatic rings. The second kappa shape index (κ2) is 3.74. The van der Waals surface area contributed by atoms with Crippen molar-refractivity contribution in [3.05, 3.63) is 40.5 Å². The fourth-order valence-corrected chi connectivity index (χ4v) is 2.66. The summed E-state index contributed by atoms with van der Waals surface area (Å²) >= 11 is 3.43. The van der Waals surface area contributed by atoms with Gasteiger partial charge in [-0.15, -0.1) is 0 Å². The van der Waals surface area contributed by atoms with Crippen LogP contribution in [0.2, 0.25) is 0 Å². The first-order valence-corrected chi connectivity index (χ1v) is 6.16. The standard InChI is InChI=1S/C13H11BrN2O/c1-7-4-3-5-10-11(7)9(6-15-10)12-13(14)16-8(2)17-12/h3-6,15H,1-2H3. The average Bonchev–Trinajstić information content (AvgIpc) is 2.83. The van der Waals surface area contributed by atoms with E-state index in [0.717, 1.165) is 21.4 Å². The van der Waals surface area contributed by atoms with Gasteiger partial charge in [0.1, 0.15) is 0 Å². The molecule has 0 aliphatic heterocycles. The fraction of sp³-hybridized carbons (Fsp3) is 0.154. The van der Waals surface area contributed by atoms with E-state index in [0.29, 0.717) is 5.89 Å². The Labute approximate surface area is 107 Å². The Bertz CT molecular complexity index is 697. The summed E-state index contributed by atoms with van der Waals surface area (Å²) in [7, 11) is 0. The van der Waals surface area contributed by atoms with Gasteiger partial charge in [0.2, 0.25) is 0 Å². The van der Waals surface area contributed by atoms with Gasteiger partial charge in [-0.2, -0.15) is 0 Å². The van der Waals surface area contributed by atoms with Crippen LogP contribution in [-0.4, -0.2) is 9.97 Å². The zero-order valence-corrected chi connectivity index (χ0v) is 11.1. The molecule has 0 saturated heterocycles. The first-order chi connectivity index (χ1) is 8.16. The van der Waals surface area contributed by atoms with Gasteiger partial charge in [-0.1, -0.05) is 12.1 Å². The number of H-pyrrole nitrogens is 1. The third kappa shape index (κ3) is 1.60. The largest absolute Gasteiger partial charge is 0.440 e. The first-order valence-electron chi connectivity index (χ1n) is 5.37. The van der Waals surface area contributed by atoms with Crippen molar-refractivity contribution in [2.24, 2.45) is 0 Å². The molecule has 1 N–H and O–H groups in total. The minimum atomic E-state index is 0.662. The van der Waals surface area contributed by atoms with Crippen LogP contribution in [0, 0.1) is 13.8 Å². The molecule has 1 aromatic carbocycles. The molecular weight excluding hydrogens is 280 g/mol. The van der Waals surface area contributed by atoms with Crippen molar-refractivity contribution in [1.29, 1.82) is 0 Å². The number of rotatable bonds is 1. The van der Waals surface area contributed by atoms with Gasteiger partial charge in [0.05, 0.1) is 0 Å². The second-order valence-electron chi connectivity index (χ2n) is 4.05. The lowest BCUT2D eigenvalue weighted by molar-refractivity contribution is 0.534. The van der Waals surface area contributed by atoms with Crippen molar-refractivity contribution in [2.75, 3.05) is 0 Å². The van der Waals surface area contributed by atoms with E-state index in [4.69, 9.17) is 4.42 Å². The van der Waals surface area contributed by atoms with E-state index < -0.39 is 0 Å². The third-order valence-electron chi connectivity index (χ3n) is 2.85. The highest BCUT2D eigenvalue weighted by atomic mass is 79.9. The molecule has 0 aliphatic carbocycles. The summed E-state index contributed by atoms with van der Waals surface area (Å²) in [6.45, 7) is 3.94. The highest BCUT2D eigenvalue weighted by Gasteiger charge is 2.16. The minimum absolute atomic E-state index is 0.662. The van der Waals surface area contributed by atoms with Crippen molar-refractivity contribution in [3.8, 4) is 11.3 Å². The van der Waals surface area contributed by atoms with Crippen LogP contribution in [0.15, 0.2) is 33.4 Å². The molecule has 3 rings (SSSR count). The van der Waals surface area contributed by atoms with Crippen molar-refractivity contribution in [1.82, 2.24) is 9.97 Å². The summed E-state index contributed by atoms with van der Waals surface area (Å²) in [5.41, 5.74) is 3.38. The summed E-state index contributed by atoms with van der Waals surface area (Å²) in [5, 5.41) is 1.18. The Morgan fingerprint density at radius 2 is 2.12 bits per heavy atom. The van der Waals surface area contributed by atoms with Gasteiger partial charge in [0.15, 0.2) is 16.3 Å². The van der Waals surface area contributed by atoms with Crippen LogP contribution in [-0.2, 0) is 0 Å². The summed E-state index contributed by atoms with van der Waals surface area (Å²) < 4.78 is 6.39. The number of nitrogens with one attached hydrogen (secondary N) is 1. The number of nitrogens with zero attached hydrogens (tertiary/aromatic N) is 1. The molecule has 3 aromatic rings. The van der Waals surface area contributed by atoms with Crippen molar-refractivity contribution in [3.63, 3.8) is 0 Å². The molecule has 17 heavy (non-hydrogen) atoms. The predicted octanol–water partition coefficient (Wildman–Crippen LogP) is 4.20. The Morgan fingerprint density at radius 1 is 1.29 bits per heavy atom. The zero-order valence-electron chi connectivity index (χ0n) is 9.54. The lowest BCUT2D eigenvalue weighted by atomic mass is 10.1. The van der Waals surface area contributed by atoms with E-state index in [1.54, 1.807) is 0 Å². The van der Waals surface area contributed by atoms with Crippen LogP contribution in [0.1, 0.15) is 11.5 Å². The number of aromatic nitrogens is 2. The SMILES string of the molecule is Cc1nc(Br)c(-c2c[nH]c3cccc(C)c23)o1. The van der Waals surface area contributed by atoms with E-state index in [-0.39, 0.29) is 0 Å². The average molecular weight is 291 g/mol. The van der Waals surface area contributed by atoms with Crippen LogP contribution < -0.4 is 0 Å². The van der Waals surface area contributed by atoms with Gasteiger partial charge >= 0.3 is 0 Å². The van der Waals surface area contributed by atoms with Crippen LogP contribution in [0.25, 0.3) is 22.2 Å². The molecule has 0 unspecified atom stereocenters. The predicted molar refractivity (Wildman–Crippen MR) is 71.0 cm³/mol. The Hall–Kier alpha value is -1.55. The lowest BCUT2D eigenvalue weighted by Crippen LogP contribution is -1.77. The molecule has 0 atom stereocenters. The topological polar surface area (TPSA) is 41.8 Å². The normalized spacial score (nSPS) is 11.2. The van der Waals surface area contributed by atoms with Crippen molar-refractivity contribution < 1.29 is 4.42 Å². The molecule has 0 amide bonds. The maximum Gasteiger partial charge on any atom is 0.192 e. The molecule has 3 nitrogen and oxygen atoms in total. The summed E-state index contributed by atoms with van der Waals surface area (Å²) in [6.07, 6.45) is 1.96. The van der Waals surface area contributed by atoms with Gasteiger partial charge < -0.3 is 9.40 Å². The highest BCUT2D eigenvalue weighted by molar-refractivity contribution is 9.10. The molecule has 0 bridgehead atoms. The molecule has 86 valence electrons. The number of aromatic amines is 1. The van der Waals surface area contributed by atoms with Gasteiger partial charge in [0, 0.05) is 29.6 Å². The minimum Gasteiger partial charge on any atom is -0.440 e. The van der Waals surface area contributed by atoms with E-state index in [9.17, 15) is 0 Å². The number of benzene rings is 1. The third-order valence-corrected chi connectivity index (χ3v) is 3.39. The van der Waals surface area contributed by atoms with Crippen LogP contribution in [0.3, 0.4) is 0 Å². The van der Waals surface area contributed by atoms with Crippen LogP contribution in [0.5, 0.6) is 0 Å². The number of fused-ring (bicyclic) bond motifs is 1. The van der Waals surface area contributed by atoms with Crippen LogP contribution >= 0.6 is 15.9 Å². The van der Waals surface area contributed by atoms with Crippen molar-refractivity contribution in [2.45, 2.75) is 13.8 Å². The summed E-state index contributed by atoms with van der Waals surface area (Å²) in [5.74, 6) is 1.44. The van der Waals surface area contributed by atoms with Crippen LogP contribution in [0.4, 0.5) is 0 Å².